The Labute approximate surface area is 108 Å². The van der Waals surface area contributed by atoms with Crippen molar-refractivity contribution >= 4 is 0 Å². The van der Waals surface area contributed by atoms with Gasteiger partial charge in [0.15, 0.2) is 6.23 Å². The fraction of sp³-hybridized carbons (Fsp3) is 0.636. The molecule has 1 aromatic heterocycles. The van der Waals surface area contributed by atoms with Crippen molar-refractivity contribution in [2.75, 3.05) is 13.7 Å². The van der Waals surface area contributed by atoms with Gasteiger partial charge in [0.05, 0.1) is 0 Å². The van der Waals surface area contributed by atoms with Crippen LogP contribution in [0.2, 0.25) is 0 Å². The lowest BCUT2D eigenvalue weighted by Gasteiger charge is -2.20. The smallest absolute Gasteiger partial charge is 0.330 e. The summed E-state index contributed by atoms with van der Waals surface area (Å²) >= 11 is 0. The molecule has 2 rings (SSSR count). The van der Waals surface area contributed by atoms with Gasteiger partial charge in [-0.3, -0.25) is 14.3 Å². The van der Waals surface area contributed by atoms with Gasteiger partial charge in [-0.15, -0.1) is 0 Å². The van der Waals surface area contributed by atoms with Crippen molar-refractivity contribution in [1.82, 2.24) is 9.55 Å². The van der Waals surface area contributed by atoms with Gasteiger partial charge in [-0.05, 0) is 6.92 Å². The zero-order valence-corrected chi connectivity index (χ0v) is 10.7. The van der Waals surface area contributed by atoms with Crippen LogP contribution < -0.4 is 17.0 Å². The highest BCUT2D eigenvalue weighted by molar-refractivity contribution is 5.03. The van der Waals surface area contributed by atoms with Crippen molar-refractivity contribution in [3.05, 3.63) is 32.6 Å². The van der Waals surface area contributed by atoms with Crippen LogP contribution in [-0.4, -0.2) is 46.6 Å². The van der Waals surface area contributed by atoms with Gasteiger partial charge in [0.2, 0.25) is 0 Å². The van der Waals surface area contributed by atoms with E-state index in [1.54, 1.807) is 6.92 Å². The van der Waals surface area contributed by atoms with Crippen molar-refractivity contribution in [3.8, 4) is 0 Å². The molecule has 19 heavy (non-hydrogen) atoms. The Morgan fingerprint density at radius 1 is 1.58 bits per heavy atom. The Balaban J connectivity index is 2.44. The molecule has 1 fully saturated rings. The van der Waals surface area contributed by atoms with E-state index in [-0.39, 0.29) is 6.54 Å². The van der Waals surface area contributed by atoms with E-state index in [9.17, 15) is 14.7 Å². The molecule has 0 aliphatic carbocycles. The quantitative estimate of drug-likeness (QED) is 0.589. The second-order valence-electron chi connectivity index (χ2n) is 4.47. The number of aliphatic hydroxyl groups is 1. The van der Waals surface area contributed by atoms with Crippen LogP contribution in [0, 0.1) is 6.92 Å². The third kappa shape index (κ3) is 2.35. The summed E-state index contributed by atoms with van der Waals surface area (Å²) in [6.45, 7) is 1.68. The molecule has 1 aromatic rings. The van der Waals surface area contributed by atoms with E-state index in [4.69, 9.17) is 15.2 Å². The Hall–Kier alpha value is -1.48. The average molecular weight is 271 g/mol. The molecular formula is C11H17N3O5. The molecular weight excluding hydrogens is 254 g/mol. The highest BCUT2D eigenvalue weighted by Crippen LogP contribution is 2.29. The maximum atomic E-state index is 11.8. The lowest BCUT2D eigenvalue weighted by molar-refractivity contribution is -0.0527. The number of aliphatic hydroxyl groups excluding tert-OH is 1. The number of ether oxygens (including phenoxy) is 2. The van der Waals surface area contributed by atoms with Gasteiger partial charge >= 0.3 is 5.69 Å². The zero-order valence-electron chi connectivity index (χ0n) is 10.7. The monoisotopic (exact) mass is 271 g/mol. The lowest BCUT2D eigenvalue weighted by atomic mass is 10.1. The third-order valence-corrected chi connectivity index (χ3v) is 3.24. The summed E-state index contributed by atoms with van der Waals surface area (Å²) < 4.78 is 11.9. The molecule has 2 heterocycles. The number of methoxy groups -OCH3 is 1. The number of nitrogens with zero attached hydrogens (tertiary/aromatic N) is 1. The van der Waals surface area contributed by atoms with Crippen LogP contribution in [0.15, 0.2) is 15.8 Å². The highest BCUT2D eigenvalue weighted by atomic mass is 16.6. The number of rotatable bonds is 3. The number of hydrogen-bond donors (Lipinski definition) is 3. The molecule has 106 valence electrons. The molecule has 1 saturated heterocycles. The van der Waals surface area contributed by atoms with E-state index in [0.717, 1.165) is 0 Å². The largest absolute Gasteiger partial charge is 0.387 e. The van der Waals surface area contributed by atoms with Crippen molar-refractivity contribution in [3.63, 3.8) is 0 Å². The number of aromatic nitrogens is 2. The van der Waals surface area contributed by atoms with Crippen LogP contribution in [0.1, 0.15) is 11.8 Å². The van der Waals surface area contributed by atoms with E-state index in [1.807, 2.05) is 0 Å². The number of aryl methyl sites for hydroxylation is 1. The van der Waals surface area contributed by atoms with Crippen molar-refractivity contribution < 1.29 is 14.6 Å². The Bertz CT molecular complexity index is 566. The number of nitrogens with one attached hydrogen (secondary N) is 1. The SMILES string of the molecule is CO[C@@H]1[C@@H](O)[C@@H](CN)O[C@H]1n1cc(C)c(=O)[nH]c1=O. The molecule has 1 aliphatic heterocycles. The number of nitrogens with two attached hydrogens (primary N) is 1. The van der Waals surface area contributed by atoms with Crippen molar-refractivity contribution in [1.29, 1.82) is 0 Å². The summed E-state index contributed by atoms with van der Waals surface area (Å²) in [5, 5.41) is 9.98. The van der Waals surface area contributed by atoms with Gasteiger partial charge in [-0.2, -0.15) is 0 Å². The predicted octanol–water partition coefficient (Wildman–Crippen LogP) is -1.92. The van der Waals surface area contributed by atoms with Crippen LogP contribution in [0.4, 0.5) is 0 Å². The molecule has 0 unspecified atom stereocenters. The molecule has 8 heteroatoms. The van der Waals surface area contributed by atoms with E-state index in [1.165, 1.54) is 17.9 Å². The van der Waals surface area contributed by atoms with Crippen LogP contribution in [0.5, 0.6) is 0 Å². The van der Waals surface area contributed by atoms with E-state index in [2.05, 4.69) is 4.98 Å². The summed E-state index contributed by atoms with van der Waals surface area (Å²) in [6.07, 6.45) is -1.72. The molecule has 0 bridgehead atoms. The standard InChI is InChI=1S/C11H17N3O5/c1-5-4-14(11(17)13-9(5)16)10-8(18-2)7(15)6(3-12)19-10/h4,6-8,10,15H,3,12H2,1-2H3,(H,13,16,17)/t6-,7+,8-,10-/m1/s1. The molecule has 0 saturated carbocycles. The Morgan fingerprint density at radius 3 is 2.84 bits per heavy atom. The predicted molar refractivity (Wildman–Crippen MR) is 65.8 cm³/mol. The first-order valence-electron chi connectivity index (χ1n) is 5.88. The molecule has 4 N–H and O–H groups in total. The van der Waals surface area contributed by atoms with E-state index < -0.39 is 35.8 Å². The summed E-state index contributed by atoms with van der Waals surface area (Å²) in [5.41, 5.74) is 4.78. The third-order valence-electron chi connectivity index (χ3n) is 3.24. The fourth-order valence-electron chi connectivity index (χ4n) is 2.17. The number of hydrogen-bond acceptors (Lipinski definition) is 6. The zero-order chi connectivity index (χ0) is 14.2. The average Bonchev–Trinajstić information content (AvgIpc) is 2.70. The summed E-state index contributed by atoms with van der Waals surface area (Å²) in [7, 11) is 1.41. The lowest BCUT2D eigenvalue weighted by Crippen LogP contribution is -2.39. The van der Waals surface area contributed by atoms with E-state index in [0.29, 0.717) is 5.56 Å². The maximum absolute atomic E-state index is 11.8. The fourth-order valence-corrected chi connectivity index (χ4v) is 2.17. The molecule has 0 radical (unpaired) electrons. The molecule has 0 amide bonds. The van der Waals surface area contributed by atoms with E-state index >= 15 is 0 Å². The molecule has 1 aliphatic rings. The van der Waals surface area contributed by atoms with Gasteiger partial charge in [0.25, 0.3) is 5.56 Å². The minimum atomic E-state index is -0.931. The maximum Gasteiger partial charge on any atom is 0.330 e. The van der Waals surface area contributed by atoms with Crippen molar-refractivity contribution in [2.45, 2.75) is 31.5 Å². The highest BCUT2D eigenvalue weighted by Gasteiger charge is 2.44. The van der Waals surface area contributed by atoms with Gasteiger partial charge < -0.3 is 20.3 Å². The molecule has 4 atom stereocenters. The van der Waals surface area contributed by atoms with Gasteiger partial charge in [0, 0.05) is 25.4 Å². The summed E-state index contributed by atoms with van der Waals surface area (Å²) in [6, 6.07) is 0. The van der Waals surface area contributed by atoms with Gasteiger partial charge in [0.1, 0.15) is 18.3 Å². The molecule has 0 aromatic carbocycles. The first-order chi connectivity index (χ1) is 8.99. The van der Waals surface area contributed by atoms with Crippen LogP contribution in [-0.2, 0) is 9.47 Å². The van der Waals surface area contributed by atoms with Crippen LogP contribution >= 0.6 is 0 Å². The Kier molecular flexibility index (Phi) is 3.85. The van der Waals surface area contributed by atoms with Crippen molar-refractivity contribution in [2.24, 2.45) is 5.73 Å². The number of H-pyrrole nitrogens is 1. The number of aromatic amines is 1. The van der Waals surface area contributed by atoms with Gasteiger partial charge in [-0.1, -0.05) is 0 Å². The second-order valence-corrected chi connectivity index (χ2v) is 4.47. The van der Waals surface area contributed by atoms with Crippen LogP contribution in [0.3, 0.4) is 0 Å². The topological polar surface area (TPSA) is 120 Å². The summed E-state index contributed by atoms with van der Waals surface area (Å²) in [5.74, 6) is 0. The second kappa shape index (κ2) is 5.25. The van der Waals surface area contributed by atoms with Gasteiger partial charge in [-0.25, -0.2) is 4.79 Å². The Morgan fingerprint density at radius 2 is 2.26 bits per heavy atom. The molecule has 0 spiro atoms. The van der Waals surface area contributed by atoms with Crippen LogP contribution in [0.25, 0.3) is 0 Å². The minimum Gasteiger partial charge on any atom is -0.387 e. The first kappa shape index (κ1) is 13.9. The summed E-state index contributed by atoms with van der Waals surface area (Å²) in [4.78, 5) is 25.3. The minimum absolute atomic E-state index is 0.106. The normalized spacial score (nSPS) is 30.7. The molecule has 8 nitrogen and oxygen atoms in total. The first-order valence-corrected chi connectivity index (χ1v) is 5.88.